The van der Waals surface area contributed by atoms with E-state index in [1.807, 2.05) is 0 Å². The standard InChI is InChI=1S/C4H3Cl2N3/c5-3-1-2-7-9-8-4(3)6/h1-2,9H. The Balaban J connectivity index is 2.85. The van der Waals surface area contributed by atoms with Crippen molar-refractivity contribution in [1.29, 1.82) is 0 Å². The Hall–Kier alpha value is -0.540. The van der Waals surface area contributed by atoms with Gasteiger partial charge in [-0.25, -0.2) is 0 Å². The molecule has 0 amide bonds. The van der Waals surface area contributed by atoms with Crippen LogP contribution in [-0.4, -0.2) is 11.4 Å². The normalized spacial score (nSPS) is 17.6. The van der Waals surface area contributed by atoms with Crippen LogP contribution in [0, 0.1) is 0 Å². The Kier molecular flexibility index (Phi) is 2.08. The van der Waals surface area contributed by atoms with Crippen LogP contribution in [0.2, 0.25) is 0 Å². The van der Waals surface area contributed by atoms with Crippen molar-refractivity contribution in [2.75, 3.05) is 0 Å². The molecule has 0 saturated carbocycles. The Morgan fingerprint density at radius 2 is 2.22 bits per heavy atom. The zero-order valence-electron chi connectivity index (χ0n) is 4.31. The van der Waals surface area contributed by atoms with E-state index in [-0.39, 0.29) is 5.17 Å². The van der Waals surface area contributed by atoms with E-state index < -0.39 is 0 Å². The number of allylic oxidation sites excluding steroid dienone is 2. The molecule has 1 heterocycles. The van der Waals surface area contributed by atoms with Crippen LogP contribution in [0.15, 0.2) is 21.3 Å². The lowest BCUT2D eigenvalue weighted by molar-refractivity contribution is 0.819. The quantitative estimate of drug-likeness (QED) is 0.574. The van der Waals surface area contributed by atoms with Crippen molar-refractivity contribution in [1.82, 2.24) is 5.53 Å². The van der Waals surface area contributed by atoms with Gasteiger partial charge >= 0.3 is 0 Å². The van der Waals surface area contributed by atoms with Gasteiger partial charge in [0.2, 0.25) is 0 Å². The molecule has 0 spiro atoms. The van der Waals surface area contributed by atoms with Crippen molar-refractivity contribution in [3.8, 4) is 0 Å². The summed E-state index contributed by atoms with van der Waals surface area (Å²) in [5, 5.41) is 7.70. The maximum atomic E-state index is 5.54. The minimum atomic E-state index is 0.217. The molecule has 0 bridgehead atoms. The molecular weight excluding hydrogens is 161 g/mol. The molecule has 0 atom stereocenters. The van der Waals surface area contributed by atoms with Gasteiger partial charge in [0.25, 0.3) is 0 Å². The SMILES string of the molecule is ClC1=CC=NNN=C1Cl. The number of hydrazone groups is 2. The van der Waals surface area contributed by atoms with Crippen molar-refractivity contribution in [2.24, 2.45) is 10.2 Å². The average Bonchev–Trinajstić information content (AvgIpc) is 1.99. The van der Waals surface area contributed by atoms with Gasteiger partial charge in [0.1, 0.15) is 0 Å². The van der Waals surface area contributed by atoms with Gasteiger partial charge in [0.15, 0.2) is 5.17 Å². The summed E-state index contributed by atoms with van der Waals surface area (Å²) in [6.07, 6.45) is 3.02. The second kappa shape index (κ2) is 2.85. The Morgan fingerprint density at radius 1 is 1.44 bits per heavy atom. The van der Waals surface area contributed by atoms with Crippen molar-refractivity contribution in [3.05, 3.63) is 11.1 Å². The molecule has 0 aromatic rings. The molecule has 0 aromatic heterocycles. The minimum absolute atomic E-state index is 0.217. The average molecular weight is 164 g/mol. The number of rotatable bonds is 0. The van der Waals surface area contributed by atoms with Crippen LogP contribution >= 0.6 is 23.2 Å². The molecule has 0 aromatic carbocycles. The van der Waals surface area contributed by atoms with Crippen molar-refractivity contribution >= 4 is 34.6 Å². The summed E-state index contributed by atoms with van der Waals surface area (Å²) in [5.41, 5.74) is 2.32. The van der Waals surface area contributed by atoms with Gasteiger partial charge in [0, 0.05) is 0 Å². The van der Waals surface area contributed by atoms with Crippen LogP contribution in [0.4, 0.5) is 0 Å². The fraction of sp³-hybridized carbons (Fsp3) is 0. The summed E-state index contributed by atoms with van der Waals surface area (Å²) < 4.78 is 0. The monoisotopic (exact) mass is 163 g/mol. The third-order valence-corrected chi connectivity index (χ3v) is 1.39. The van der Waals surface area contributed by atoms with Gasteiger partial charge in [0.05, 0.1) is 11.2 Å². The predicted molar refractivity (Wildman–Crippen MR) is 38.9 cm³/mol. The van der Waals surface area contributed by atoms with Gasteiger partial charge in [-0.2, -0.15) is 10.6 Å². The van der Waals surface area contributed by atoms with E-state index in [2.05, 4.69) is 15.7 Å². The highest BCUT2D eigenvalue weighted by Gasteiger charge is 1.99. The van der Waals surface area contributed by atoms with Gasteiger partial charge in [-0.3, -0.25) is 0 Å². The molecule has 1 aliphatic rings. The van der Waals surface area contributed by atoms with Gasteiger partial charge in [-0.05, 0) is 6.08 Å². The number of nitrogens with zero attached hydrogens (tertiary/aromatic N) is 2. The number of nitrogens with one attached hydrogen (secondary N) is 1. The molecule has 0 radical (unpaired) electrons. The Labute approximate surface area is 62.0 Å². The maximum absolute atomic E-state index is 5.54. The topological polar surface area (TPSA) is 36.8 Å². The maximum Gasteiger partial charge on any atom is 0.169 e. The van der Waals surface area contributed by atoms with Gasteiger partial charge in [-0.15, -0.1) is 5.10 Å². The number of halogens is 2. The molecule has 5 heteroatoms. The zero-order valence-corrected chi connectivity index (χ0v) is 5.82. The summed E-state index contributed by atoms with van der Waals surface area (Å²) in [6.45, 7) is 0. The molecule has 1 aliphatic heterocycles. The van der Waals surface area contributed by atoms with Crippen LogP contribution in [0.1, 0.15) is 0 Å². The van der Waals surface area contributed by atoms with Crippen LogP contribution in [0.5, 0.6) is 0 Å². The van der Waals surface area contributed by atoms with Crippen molar-refractivity contribution in [2.45, 2.75) is 0 Å². The molecule has 1 rings (SSSR count). The molecule has 0 aliphatic carbocycles. The second-order valence-corrected chi connectivity index (χ2v) is 2.06. The second-order valence-electron chi connectivity index (χ2n) is 1.30. The largest absolute Gasteiger partial charge is 0.197 e. The van der Waals surface area contributed by atoms with Crippen LogP contribution in [-0.2, 0) is 0 Å². The van der Waals surface area contributed by atoms with E-state index in [9.17, 15) is 0 Å². The lowest BCUT2D eigenvalue weighted by Crippen LogP contribution is -1.95. The smallest absolute Gasteiger partial charge is 0.169 e. The molecule has 3 nitrogen and oxygen atoms in total. The summed E-state index contributed by atoms with van der Waals surface area (Å²) in [7, 11) is 0. The van der Waals surface area contributed by atoms with Gasteiger partial charge < -0.3 is 0 Å². The fourth-order valence-corrected chi connectivity index (χ4v) is 0.530. The van der Waals surface area contributed by atoms with Crippen LogP contribution in [0.3, 0.4) is 0 Å². The highest BCUT2D eigenvalue weighted by Crippen LogP contribution is 2.07. The van der Waals surface area contributed by atoms with Gasteiger partial charge in [-0.1, -0.05) is 23.2 Å². The first-order chi connectivity index (χ1) is 4.30. The van der Waals surface area contributed by atoms with E-state index in [1.165, 1.54) is 6.21 Å². The lowest BCUT2D eigenvalue weighted by Gasteiger charge is -1.88. The fourth-order valence-electron chi connectivity index (χ4n) is 0.331. The molecule has 1 N–H and O–H groups in total. The highest BCUT2D eigenvalue weighted by molar-refractivity contribution is 6.76. The Morgan fingerprint density at radius 3 is 3.00 bits per heavy atom. The number of hydrogen-bond donors (Lipinski definition) is 1. The minimum Gasteiger partial charge on any atom is -0.197 e. The first kappa shape index (κ1) is 6.58. The zero-order chi connectivity index (χ0) is 6.69. The summed E-state index contributed by atoms with van der Waals surface area (Å²) in [5.74, 6) is 0. The van der Waals surface area contributed by atoms with Crippen molar-refractivity contribution in [3.63, 3.8) is 0 Å². The summed E-state index contributed by atoms with van der Waals surface area (Å²) in [6, 6.07) is 0. The predicted octanol–water partition coefficient (Wildman–Crippen LogP) is 1.25. The molecule has 0 fully saturated rings. The van der Waals surface area contributed by atoms with E-state index >= 15 is 0 Å². The highest BCUT2D eigenvalue weighted by atomic mass is 35.5. The third kappa shape index (κ3) is 1.69. The summed E-state index contributed by atoms with van der Waals surface area (Å²) >= 11 is 11.0. The molecule has 48 valence electrons. The molecule has 9 heavy (non-hydrogen) atoms. The van der Waals surface area contributed by atoms with E-state index in [0.29, 0.717) is 5.03 Å². The van der Waals surface area contributed by atoms with E-state index in [0.717, 1.165) is 0 Å². The number of hydrogen-bond acceptors (Lipinski definition) is 3. The molecule has 0 saturated heterocycles. The molecular formula is C4H3Cl2N3. The van der Waals surface area contributed by atoms with Crippen molar-refractivity contribution < 1.29 is 0 Å². The first-order valence-corrected chi connectivity index (χ1v) is 2.93. The lowest BCUT2D eigenvalue weighted by atomic mass is 10.5. The van der Waals surface area contributed by atoms with E-state index in [1.54, 1.807) is 6.08 Å². The summed E-state index contributed by atoms with van der Waals surface area (Å²) in [4.78, 5) is 0. The van der Waals surface area contributed by atoms with E-state index in [4.69, 9.17) is 23.2 Å². The Bertz CT molecular complexity index is 194. The first-order valence-electron chi connectivity index (χ1n) is 2.18. The molecule has 0 unspecified atom stereocenters. The third-order valence-electron chi connectivity index (χ3n) is 0.698. The van der Waals surface area contributed by atoms with Crippen LogP contribution in [0.25, 0.3) is 0 Å². The van der Waals surface area contributed by atoms with Crippen LogP contribution < -0.4 is 5.53 Å².